The number of likely N-dealkylation sites (N-methyl/N-ethyl adjacent to an activating group) is 1. The molecule has 2 atom stereocenters. The minimum absolute atomic E-state index is 0.286. The van der Waals surface area contributed by atoms with Crippen LogP contribution in [0.2, 0.25) is 0 Å². The van der Waals surface area contributed by atoms with Crippen molar-refractivity contribution in [2.24, 2.45) is 16.1 Å². The summed E-state index contributed by atoms with van der Waals surface area (Å²) in [6.07, 6.45) is 0.286. The van der Waals surface area contributed by atoms with E-state index in [1.165, 1.54) is 24.3 Å². The molecule has 2 fully saturated rings. The second-order valence-electron chi connectivity index (χ2n) is 9.87. The van der Waals surface area contributed by atoms with E-state index in [-0.39, 0.29) is 12.5 Å². The molecule has 182 valence electrons. The summed E-state index contributed by atoms with van der Waals surface area (Å²) in [5.74, 6) is -0.799. The van der Waals surface area contributed by atoms with E-state index in [0.717, 1.165) is 12.1 Å². The van der Waals surface area contributed by atoms with Crippen LogP contribution in [0.1, 0.15) is 36.2 Å². The molecule has 3 heterocycles. The van der Waals surface area contributed by atoms with Crippen molar-refractivity contribution in [2.45, 2.75) is 31.4 Å². The Kier molecular flexibility index (Phi) is 5.67. The van der Waals surface area contributed by atoms with Crippen molar-refractivity contribution >= 4 is 23.5 Å². The largest absolute Gasteiger partial charge is 0.436 e. The van der Waals surface area contributed by atoms with E-state index in [2.05, 4.69) is 20.4 Å². The number of amidine groups is 1. The maximum atomic E-state index is 13.6. The van der Waals surface area contributed by atoms with Gasteiger partial charge in [0.2, 0.25) is 0 Å². The van der Waals surface area contributed by atoms with Crippen LogP contribution in [-0.4, -0.2) is 65.6 Å². The monoisotopic (exact) mass is 477 g/mol. The number of nitrogens with zero attached hydrogens (tertiary/aromatic N) is 4. The predicted molar refractivity (Wildman–Crippen MR) is 130 cm³/mol. The summed E-state index contributed by atoms with van der Waals surface area (Å²) in [6.45, 7) is 5.54. The molecule has 35 heavy (non-hydrogen) atoms. The van der Waals surface area contributed by atoms with Gasteiger partial charge in [0.25, 0.3) is 5.91 Å². The van der Waals surface area contributed by atoms with Gasteiger partial charge in [-0.15, -0.1) is 5.10 Å². The summed E-state index contributed by atoms with van der Waals surface area (Å²) in [7, 11) is 2.02. The van der Waals surface area contributed by atoms with Crippen LogP contribution in [0.4, 0.5) is 9.18 Å². The normalized spacial score (nSPS) is 25.1. The number of fused-ring (bicyclic) bond motifs is 1. The van der Waals surface area contributed by atoms with E-state index in [0.29, 0.717) is 30.1 Å². The first kappa shape index (κ1) is 23.2. The highest BCUT2D eigenvalue weighted by Gasteiger charge is 2.54. The van der Waals surface area contributed by atoms with Gasteiger partial charge >= 0.3 is 6.09 Å². The Hall–Kier alpha value is -3.59. The number of halogens is 1. The van der Waals surface area contributed by atoms with Gasteiger partial charge in [0, 0.05) is 31.6 Å². The fourth-order valence-electron chi connectivity index (χ4n) is 5.16. The number of nitrogens with one attached hydrogen (secondary N) is 1. The van der Waals surface area contributed by atoms with Crippen LogP contribution in [0.5, 0.6) is 0 Å². The molecule has 9 heteroatoms. The fraction of sp³-hybridized carbons (Fsp3) is 0.385. The van der Waals surface area contributed by atoms with Crippen LogP contribution in [0, 0.1) is 11.7 Å². The Labute approximate surface area is 203 Å². The molecule has 3 aliphatic rings. The minimum atomic E-state index is -0.740. The van der Waals surface area contributed by atoms with E-state index in [1.807, 2.05) is 51.2 Å². The number of carbonyl (C=O) groups is 2. The van der Waals surface area contributed by atoms with Crippen molar-refractivity contribution in [2.75, 3.05) is 26.7 Å². The summed E-state index contributed by atoms with van der Waals surface area (Å²) in [5.41, 5.74) is 0.514. The molecule has 0 saturated carbocycles. The van der Waals surface area contributed by atoms with Crippen LogP contribution in [-0.2, 0) is 10.3 Å². The molecule has 8 nitrogen and oxygen atoms in total. The van der Waals surface area contributed by atoms with Crippen LogP contribution < -0.4 is 5.32 Å². The third-order valence-corrected chi connectivity index (χ3v) is 7.17. The predicted octanol–water partition coefficient (Wildman–Crippen LogP) is 3.40. The van der Waals surface area contributed by atoms with Crippen LogP contribution in [0.3, 0.4) is 0 Å². The van der Waals surface area contributed by atoms with Crippen molar-refractivity contribution in [1.29, 1.82) is 0 Å². The molecule has 2 amide bonds. The molecule has 2 aromatic carbocycles. The highest BCUT2D eigenvalue weighted by molar-refractivity contribution is 6.20. The van der Waals surface area contributed by atoms with Crippen molar-refractivity contribution in [3.63, 3.8) is 0 Å². The zero-order chi connectivity index (χ0) is 24.8. The average molecular weight is 478 g/mol. The van der Waals surface area contributed by atoms with Gasteiger partial charge in [-0.1, -0.05) is 30.3 Å². The number of benzene rings is 2. The third-order valence-electron chi connectivity index (χ3n) is 7.17. The maximum absolute atomic E-state index is 13.6. The van der Waals surface area contributed by atoms with Gasteiger partial charge in [-0.2, -0.15) is 5.10 Å². The summed E-state index contributed by atoms with van der Waals surface area (Å²) in [5, 5.41) is 11.3. The lowest BCUT2D eigenvalue weighted by molar-refractivity contribution is -0.0120. The lowest BCUT2D eigenvalue weighted by atomic mass is 9.92. The molecule has 5 rings (SSSR count). The van der Waals surface area contributed by atoms with Gasteiger partial charge < -0.3 is 15.0 Å². The first-order valence-electron chi connectivity index (χ1n) is 11.7. The van der Waals surface area contributed by atoms with Crippen molar-refractivity contribution in [3.05, 3.63) is 71.5 Å². The van der Waals surface area contributed by atoms with Crippen LogP contribution in [0.15, 0.2) is 64.8 Å². The molecule has 0 spiro atoms. The third kappa shape index (κ3) is 4.10. The van der Waals surface area contributed by atoms with Crippen LogP contribution >= 0.6 is 0 Å². The standard InChI is InChI=1S/C26H28FN5O3/c1-25(2)21-20(22(30-29-21)28-23(33)17-9-11-19(27)12-10-17)15-32(25)24(34)35-26(13-14-31(3)16-26)18-7-5-4-6-8-18/h4-12,20H,13-16H2,1-3H3,(H,28,30,33). The van der Waals surface area contributed by atoms with E-state index in [4.69, 9.17) is 4.74 Å². The molecule has 2 unspecified atom stereocenters. The SMILES string of the molecule is CN1CCC(OC(=O)N2CC3C(NC(=O)c4ccc(F)cc4)=NN=C3C2(C)C)(c2ccccc2)C1. The topological polar surface area (TPSA) is 86.6 Å². The Balaban J connectivity index is 1.33. The number of ether oxygens (including phenoxy) is 1. The second-order valence-corrected chi connectivity index (χ2v) is 9.87. The molecule has 0 aromatic heterocycles. The van der Waals surface area contributed by atoms with E-state index >= 15 is 0 Å². The first-order chi connectivity index (χ1) is 16.7. The van der Waals surface area contributed by atoms with Gasteiger partial charge in [0.15, 0.2) is 5.60 Å². The molecule has 2 saturated heterocycles. The van der Waals surface area contributed by atoms with Crippen LogP contribution in [0.25, 0.3) is 0 Å². The van der Waals surface area contributed by atoms with Gasteiger partial charge in [-0.3, -0.25) is 9.69 Å². The minimum Gasteiger partial charge on any atom is -0.436 e. The number of amides is 2. The lowest BCUT2D eigenvalue weighted by Crippen LogP contribution is -2.49. The lowest BCUT2D eigenvalue weighted by Gasteiger charge is -2.36. The molecular weight excluding hydrogens is 449 g/mol. The van der Waals surface area contributed by atoms with E-state index < -0.39 is 29.0 Å². The fourth-order valence-corrected chi connectivity index (χ4v) is 5.16. The summed E-state index contributed by atoms with van der Waals surface area (Å²) >= 11 is 0. The zero-order valence-electron chi connectivity index (χ0n) is 20.0. The molecule has 0 radical (unpaired) electrons. The molecule has 0 aliphatic carbocycles. The molecular formula is C26H28FN5O3. The van der Waals surface area contributed by atoms with Crippen molar-refractivity contribution < 1.29 is 18.7 Å². The number of hydrogen-bond acceptors (Lipinski definition) is 6. The van der Waals surface area contributed by atoms with Gasteiger partial charge in [0.1, 0.15) is 11.7 Å². The summed E-state index contributed by atoms with van der Waals surface area (Å²) in [4.78, 5) is 30.1. The average Bonchev–Trinajstić information content (AvgIpc) is 3.49. The number of likely N-dealkylation sites (tertiary alicyclic amines) is 2. The molecule has 1 N–H and O–H groups in total. The number of carbonyl (C=O) groups excluding carboxylic acids is 2. The smallest absolute Gasteiger partial charge is 0.411 e. The highest BCUT2D eigenvalue weighted by Crippen LogP contribution is 2.39. The van der Waals surface area contributed by atoms with Crippen molar-refractivity contribution in [3.8, 4) is 0 Å². The zero-order valence-corrected chi connectivity index (χ0v) is 20.0. The van der Waals surface area contributed by atoms with E-state index in [1.54, 1.807) is 4.90 Å². The Bertz CT molecular complexity index is 1210. The summed E-state index contributed by atoms with van der Waals surface area (Å²) in [6, 6.07) is 15.1. The number of hydrogen-bond donors (Lipinski definition) is 1. The first-order valence-corrected chi connectivity index (χ1v) is 11.7. The molecule has 3 aliphatic heterocycles. The molecule has 0 bridgehead atoms. The molecule has 2 aromatic rings. The van der Waals surface area contributed by atoms with Gasteiger partial charge in [-0.25, -0.2) is 9.18 Å². The quantitative estimate of drug-likeness (QED) is 0.734. The van der Waals surface area contributed by atoms with Gasteiger partial charge in [0.05, 0.1) is 17.2 Å². The maximum Gasteiger partial charge on any atom is 0.411 e. The summed E-state index contributed by atoms with van der Waals surface area (Å²) < 4.78 is 19.5. The van der Waals surface area contributed by atoms with Gasteiger partial charge in [-0.05, 0) is 50.7 Å². The highest BCUT2D eigenvalue weighted by atomic mass is 19.1. The Morgan fingerprint density at radius 1 is 1.09 bits per heavy atom. The second kappa shape index (κ2) is 8.57. The Morgan fingerprint density at radius 2 is 1.80 bits per heavy atom. The Morgan fingerprint density at radius 3 is 2.46 bits per heavy atom. The van der Waals surface area contributed by atoms with Crippen molar-refractivity contribution in [1.82, 2.24) is 15.1 Å². The number of rotatable bonds is 3. The van der Waals surface area contributed by atoms with E-state index in [9.17, 15) is 14.0 Å².